The fraction of sp³-hybridized carbons (Fsp3) is 0.350. The quantitative estimate of drug-likeness (QED) is 0.780. The molecule has 0 saturated carbocycles. The van der Waals surface area contributed by atoms with E-state index in [9.17, 15) is 5.11 Å². The maximum Gasteiger partial charge on any atom is 0.120 e. The molecule has 0 saturated heterocycles. The van der Waals surface area contributed by atoms with Gasteiger partial charge in [-0.1, -0.05) is 41.9 Å². The van der Waals surface area contributed by atoms with Crippen LogP contribution < -0.4 is 10.1 Å². The predicted octanol–water partition coefficient (Wildman–Crippen LogP) is 4.67. The van der Waals surface area contributed by atoms with Gasteiger partial charge in [0.2, 0.25) is 0 Å². The lowest BCUT2D eigenvalue weighted by molar-refractivity contribution is 0.345. The van der Waals surface area contributed by atoms with Crippen LogP contribution in [0.1, 0.15) is 37.4 Å². The fourth-order valence-corrected chi connectivity index (χ4v) is 3.44. The Kier molecular flexibility index (Phi) is 5.45. The highest BCUT2D eigenvalue weighted by atomic mass is 79.9. The monoisotopic (exact) mass is 402 g/mol. The van der Waals surface area contributed by atoms with Crippen LogP contribution in [0, 0.1) is 5.92 Å². The van der Waals surface area contributed by atoms with Gasteiger partial charge < -0.3 is 9.84 Å². The second-order valence-corrected chi connectivity index (χ2v) is 7.54. The molecule has 2 aromatic rings. The predicted molar refractivity (Wildman–Crippen MR) is 104 cm³/mol. The maximum absolute atomic E-state index is 10.3. The zero-order valence-corrected chi connectivity index (χ0v) is 16.2. The summed E-state index contributed by atoms with van der Waals surface area (Å²) in [5.41, 5.74) is 2.97. The number of benzene rings is 2. The van der Waals surface area contributed by atoms with Crippen LogP contribution in [0.15, 0.2) is 51.9 Å². The summed E-state index contributed by atoms with van der Waals surface area (Å²) < 4.78 is 6.30. The Morgan fingerprint density at radius 3 is 2.76 bits per heavy atom. The lowest BCUT2D eigenvalue weighted by atomic mass is 9.93. The summed E-state index contributed by atoms with van der Waals surface area (Å²) >= 11 is 3.50. The highest BCUT2D eigenvalue weighted by Crippen LogP contribution is 2.34. The molecule has 2 N–H and O–H groups in total. The van der Waals surface area contributed by atoms with Gasteiger partial charge in [-0.15, -0.1) is 0 Å². The summed E-state index contributed by atoms with van der Waals surface area (Å²) in [7, 11) is 1.67. The molecule has 2 atom stereocenters. The molecule has 5 heteroatoms. The molecule has 0 aliphatic carbocycles. The first-order valence-electron chi connectivity index (χ1n) is 8.43. The van der Waals surface area contributed by atoms with Gasteiger partial charge in [-0.25, -0.2) is 0 Å². The summed E-state index contributed by atoms with van der Waals surface area (Å²) in [6.45, 7) is 4.29. The third-order valence-electron chi connectivity index (χ3n) is 4.46. The smallest absolute Gasteiger partial charge is 0.120 e. The molecular weight excluding hydrogens is 380 g/mol. The second kappa shape index (κ2) is 7.58. The SMILES string of the molecule is COc1cccc(C2=NC(C(C)C)NC(c3cc(Br)ccc3O)C2)c1. The minimum Gasteiger partial charge on any atom is -0.508 e. The van der Waals surface area contributed by atoms with Crippen molar-refractivity contribution < 1.29 is 9.84 Å². The first-order chi connectivity index (χ1) is 12.0. The zero-order valence-electron chi connectivity index (χ0n) is 14.7. The number of rotatable bonds is 4. The Hall–Kier alpha value is -1.85. The number of phenols is 1. The first-order valence-corrected chi connectivity index (χ1v) is 9.23. The zero-order chi connectivity index (χ0) is 18.0. The van der Waals surface area contributed by atoms with E-state index in [1.54, 1.807) is 13.2 Å². The molecular formula is C20H23BrN2O2. The molecule has 0 bridgehead atoms. The molecule has 2 aromatic carbocycles. The van der Waals surface area contributed by atoms with Crippen molar-refractivity contribution in [3.05, 3.63) is 58.1 Å². The van der Waals surface area contributed by atoms with Gasteiger partial charge in [0, 0.05) is 28.2 Å². The van der Waals surface area contributed by atoms with Crippen LogP contribution in [-0.4, -0.2) is 24.1 Å². The lowest BCUT2D eigenvalue weighted by Gasteiger charge is -2.32. The topological polar surface area (TPSA) is 53.8 Å². The van der Waals surface area contributed by atoms with Gasteiger partial charge in [0.1, 0.15) is 17.7 Å². The Balaban J connectivity index is 1.99. The molecule has 0 amide bonds. The van der Waals surface area contributed by atoms with Crippen molar-refractivity contribution in [2.24, 2.45) is 10.9 Å². The Morgan fingerprint density at radius 1 is 1.24 bits per heavy atom. The fourth-order valence-electron chi connectivity index (χ4n) is 3.06. The van der Waals surface area contributed by atoms with Crippen molar-refractivity contribution in [3.63, 3.8) is 0 Å². The molecule has 0 fully saturated rings. The van der Waals surface area contributed by atoms with E-state index in [0.717, 1.165) is 27.1 Å². The van der Waals surface area contributed by atoms with Crippen molar-refractivity contribution >= 4 is 21.6 Å². The molecule has 4 nitrogen and oxygen atoms in total. The van der Waals surface area contributed by atoms with E-state index in [4.69, 9.17) is 9.73 Å². The number of hydrogen-bond acceptors (Lipinski definition) is 4. The summed E-state index contributed by atoms with van der Waals surface area (Å²) in [6.07, 6.45) is 0.707. The lowest BCUT2D eigenvalue weighted by Crippen LogP contribution is -2.41. The van der Waals surface area contributed by atoms with E-state index in [-0.39, 0.29) is 12.2 Å². The highest BCUT2D eigenvalue weighted by Gasteiger charge is 2.28. The largest absolute Gasteiger partial charge is 0.508 e. The van der Waals surface area contributed by atoms with Crippen molar-refractivity contribution in [2.75, 3.05) is 7.11 Å². The molecule has 0 spiro atoms. The average Bonchev–Trinajstić information content (AvgIpc) is 2.63. The Labute approximate surface area is 157 Å². The van der Waals surface area contributed by atoms with Gasteiger partial charge in [-0.05, 0) is 41.8 Å². The normalized spacial score (nSPS) is 20.4. The molecule has 1 aliphatic heterocycles. The van der Waals surface area contributed by atoms with Gasteiger partial charge >= 0.3 is 0 Å². The van der Waals surface area contributed by atoms with Gasteiger partial charge in [0.15, 0.2) is 0 Å². The summed E-state index contributed by atoms with van der Waals surface area (Å²) in [5, 5.41) is 13.9. The van der Waals surface area contributed by atoms with Crippen molar-refractivity contribution in [2.45, 2.75) is 32.5 Å². The summed E-state index contributed by atoms with van der Waals surface area (Å²) in [4.78, 5) is 4.91. The number of ether oxygens (including phenoxy) is 1. The second-order valence-electron chi connectivity index (χ2n) is 6.62. The van der Waals surface area contributed by atoms with Gasteiger partial charge in [-0.2, -0.15) is 0 Å². The van der Waals surface area contributed by atoms with E-state index in [2.05, 4.69) is 41.2 Å². The third-order valence-corrected chi connectivity index (χ3v) is 4.96. The van der Waals surface area contributed by atoms with Crippen LogP contribution in [0.3, 0.4) is 0 Å². The number of phenolic OH excluding ortho intramolecular Hbond substituents is 1. The van der Waals surface area contributed by atoms with Crippen LogP contribution in [0.5, 0.6) is 11.5 Å². The van der Waals surface area contributed by atoms with Crippen LogP contribution in [0.25, 0.3) is 0 Å². The number of nitrogens with one attached hydrogen (secondary N) is 1. The third kappa shape index (κ3) is 4.05. The van der Waals surface area contributed by atoms with Gasteiger partial charge in [0.25, 0.3) is 0 Å². The Bertz CT molecular complexity index is 789. The van der Waals surface area contributed by atoms with Gasteiger partial charge in [-0.3, -0.25) is 10.3 Å². The van der Waals surface area contributed by atoms with E-state index < -0.39 is 0 Å². The summed E-state index contributed by atoms with van der Waals surface area (Å²) in [5.74, 6) is 1.47. The van der Waals surface area contributed by atoms with E-state index in [1.165, 1.54) is 0 Å². The van der Waals surface area contributed by atoms with Crippen molar-refractivity contribution in [1.29, 1.82) is 0 Å². The standard InChI is InChI=1S/C20H23BrN2O2/c1-12(2)20-22-17(13-5-4-6-15(9-13)25-3)11-18(23-20)16-10-14(21)7-8-19(16)24/h4-10,12,18,20,23-24H,11H2,1-3H3. The molecule has 0 aromatic heterocycles. The molecule has 25 heavy (non-hydrogen) atoms. The minimum atomic E-state index is -0.00154. The van der Waals surface area contributed by atoms with Crippen LogP contribution >= 0.6 is 15.9 Å². The molecule has 3 rings (SSSR count). The van der Waals surface area contributed by atoms with E-state index in [0.29, 0.717) is 18.1 Å². The highest BCUT2D eigenvalue weighted by molar-refractivity contribution is 9.10. The number of methoxy groups -OCH3 is 1. The van der Waals surface area contributed by atoms with Crippen molar-refractivity contribution in [3.8, 4) is 11.5 Å². The molecule has 132 valence electrons. The number of hydrogen-bond donors (Lipinski definition) is 2. The number of aromatic hydroxyl groups is 1. The van der Waals surface area contributed by atoms with Crippen LogP contribution in [0.2, 0.25) is 0 Å². The minimum absolute atomic E-state index is 0.00154. The van der Waals surface area contributed by atoms with E-state index >= 15 is 0 Å². The first kappa shape index (κ1) is 18.0. The maximum atomic E-state index is 10.3. The number of nitrogens with zero attached hydrogens (tertiary/aromatic N) is 1. The number of aliphatic imine (C=N–C) groups is 1. The average molecular weight is 403 g/mol. The summed E-state index contributed by atoms with van der Waals surface area (Å²) in [6, 6.07) is 13.5. The molecule has 1 aliphatic rings. The van der Waals surface area contributed by atoms with Crippen molar-refractivity contribution in [1.82, 2.24) is 5.32 Å². The molecule has 1 heterocycles. The number of halogens is 1. The van der Waals surface area contributed by atoms with Crippen LogP contribution in [-0.2, 0) is 0 Å². The molecule has 2 unspecified atom stereocenters. The van der Waals surface area contributed by atoms with Crippen LogP contribution in [0.4, 0.5) is 0 Å². The van der Waals surface area contributed by atoms with E-state index in [1.807, 2.05) is 30.3 Å². The Morgan fingerprint density at radius 2 is 2.04 bits per heavy atom. The molecule has 0 radical (unpaired) electrons. The van der Waals surface area contributed by atoms with Gasteiger partial charge in [0.05, 0.1) is 7.11 Å².